The van der Waals surface area contributed by atoms with Gasteiger partial charge in [-0.15, -0.1) is 0 Å². The quantitative estimate of drug-likeness (QED) is 0.417. The molecule has 4 heterocycles. The maximum Gasteiger partial charge on any atom is 0.332 e. The number of hydrogen-bond acceptors (Lipinski definition) is 6. The average molecular weight is 588 g/mol. The van der Waals surface area contributed by atoms with Gasteiger partial charge in [-0.3, -0.25) is 14.6 Å². The minimum Gasteiger partial charge on any atom is -0.464 e. The van der Waals surface area contributed by atoms with Crippen molar-refractivity contribution >= 4 is 34.7 Å². The molecule has 5 atom stereocenters. The number of amides is 4. The monoisotopic (exact) mass is 587 g/mol. The summed E-state index contributed by atoms with van der Waals surface area (Å²) in [4.78, 5) is 61.7. The van der Waals surface area contributed by atoms with Crippen molar-refractivity contribution in [3.63, 3.8) is 0 Å². The van der Waals surface area contributed by atoms with E-state index in [0.29, 0.717) is 39.0 Å². The number of hydrogen-bond donors (Lipinski definition) is 2. The van der Waals surface area contributed by atoms with Crippen LogP contribution in [-0.4, -0.2) is 76.4 Å². The lowest BCUT2D eigenvalue weighted by molar-refractivity contribution is -0.150. The molecule has 3 aliphatic heterocycles. The van der Waals surface area contributed by atoms with Crippen LogP contribution in [0.15, 0.2) is 48.7 Å². The zero-order valence-corrected chi connectivity index (χ0v) is 24.8. The number of pyridine rings is 1. The summed E-state index contributed by atoms with van der Waals surface area (Å²) in [5.41, 5.74) is 0.757. The number of likely N-dealkylation sites (tertiary alicyclic amines) is 1. The van der Waals surface area contributed by atoms with E-state index in [1.165, 1.54) is 0 Å². The number of fused-ring (bicyclic) bond motifs is 5. The molecule has 3 fully saturated rings. The van der Waals surface area contributed by atoms with Gasteiger partial charge in [-0.2, -0.15) is 0 Å². The Morgan fingerprint density at radius 1 is 1.09 bits per heavy atom. The summed E-state index contributed by atoms with van der Waals surface area (Å²) in [6.45, 7) is 3.61. The molecule has 0 radical (unpaired) electrons. The standard InChI is InChI=1S/C33H41N5O5/c1-2-43-31(41)33-17-24(33)11-7-5-3-4-6-8-14-28(39)38-20-23-19-37(21-26(23)29(38)30(40)36-33)32(42)35-18-22-15-16-34-27-13-10-9-12-25(22)27/h7,9-13,15-16,23-24,26,29H,2-6,8,14,17-21H2,1H3,(H,35,42)(H,36,40). The maximum absolute atomic E-state index is 14.0. The first-order valence-corrected chi connectivity index (χ1v) is 15.7. The number of nitrogens with zero attached hydrogens (tertiary/aromatic N) is 3. The van der Waals surface area contributed by atoms with Crippen LogP contribution < -0.4 is 10.6 Å². The first-order valence-electron chi connectivity index (χ1n) is 15.7. The molecule has 0 spiro atoms. The van der Waals surface area contributed by atoms with Gasteiger partial charge < -0.3 is 25.2 Å². The molecule has 5 unspecified atom stereocenters. The lowest BCUT2D eigenvalue weighted by Gasteiger charge is -2.30. The number of nitrogens with one attached hydrogen (secondary N) is 2. The molecule has 43 heavy (non-hydrogen) atoms. The van der Waals surface area contributed by atoms with Crippen molar-refractivity contribution in [2.45, 2.75) is 70.0 Å². The summed E-state index contributed by atoms with van der Waals surface area (Å²) >= 11 is 0. The van der Waals surface area contributed by atoms with E-state index >= 15 is 0 Å². The van der Waals surface area contributed by atoms with E-state index in [-0.39, 0.29) is 42.2 Å². The number of carbonyl (C=O) groups is 4. The van der Waals surface area contributed by atoms with Gasteiger partial charge in [0.25, 0.3) is 0 Å². The van der Waals surface area contributed by atoms with E-state index in [2.05, 4.69) is 21.7 Å². The summed E-state index contributed by atoms with van der Waals surface area (Å²) in [7, 11) is 0. The van der Waals surface area contributed by atoms with E-state index in [4.69, 9.17) is 4.74 Å². The molecule has 6 rings (SSSR count). The second-order valence-electron chi connectivity index (χ2n) is 12.3. The number of benzene rings is 1. The van der Waals surface area contributed by atoms with Crippen molar-refractivity contribution in [3.05, 3.63) is 54.2 Å². The number of allylic oxidation sites excluding steroid dienone is 1. The van der Waals surface area contributed by atoms with Crippen LogP contribution in [0.4, 0.5) is 4.79 Å². The van der Waals surface area contributed by atoms with Gasteiger partial charge in [0.2, 0.25) is 11.8 Å². The van der Waals surface area contributed by atoms with Gasteiger partial charge in [-0.1, -0.05) is 43.2 Å². The molecular formula is C33H41N5O5. The molecule has 4 aliphatic rings. The average Bonchev–Trinajstić information content (AvgIpc) is 3.35. The Kier molecular flexibility index (Phi) is 8.36. The third kappa shape index (κ3) is 5.84. The van der Waals surface area contributed by atoms with Gasteiger partial charge in [-0.25, -0.2) is 9.59 Å². The number of ether oxygens (including phenoxy) is 1. The van der Waals surface area contributed by atoms with E-state index in [9.17, 15) is 19.2 Å². The molecule has 10 nitrogen and oxygen atoms in total. The third-order valence-electron chi connectivity index (χ3n) is 9.59. The molecule has 2 aromatic rings. The van der Waals surface area contributed by atoms with Crippen molar-refractivity contribution in [2.24, 2.45) is 17.8 Å². The zero-order valence-electron chi connectivity index (χ0n) is 24.8. The molecule has 228 valence electrons. The summed E-state index contributed by atoms with van der Waals surface area (Å²) in [6, 6.07) is 8.81. The highest BCUT2D eigenvalue weighted by atomic mass is 16.5. The Morgan fingerprint density at radius 2 is 1.93 bits per heavy atom. The number of aromatic nitrogens is 1. The minimum atomic E-state index is -1.10. The zero-order chi connectivity index (χ0) is 30.0. The summed E-state index contributed by atoms with van der Waals surface area (Å²) < 4.78 is 5.39. The Labute approximate surface area is 252 Å². The van der Waals surface area contributed by atoms with Gasteiger partial charge in [-0.05, 0) is 50.3 Å². The molecular weight excluding hydrogens is 546 g/mol. The predicted octanol–water partition coefficient (Wildman–Crippen LogP) is 3.55. The van der Waals surface area contributed by atoms with E-state index in [1.54, 1.807) is 22.9 Å². The molecule has 1 aliphatic carbocycles. The highest BCUT2D eigenvalue weighted by Gasteiger charge is 2.63. The van der Waals surface area contributed by atoms with E-state index in [0.717, 1.165) is 48.6 Å². The molecule has 1 aromatic carbocycles. The lowest BCUT2D eigenvalue weighted by atomic mass is 9.93. The number of esters is 1. The van der Waals surface area contributed by atoms with Crippen LogP contribution in [0.5, 0.6) is 0 Å². The minimum absolute atomic E-state index is 0.0143. The first-order chi connectivity index (χ1) is 20.9. The van der Waals surface area contributed by atoms with Crippen molar-refractivity contribution in [1.82, 2.24) is 25.4 Å². The topological polar surface area (TPSA) is 121 Å². The van der Waals surface area contributed by atoms with Gasteiger partial charge >= 0.3 is 12.0 Å². The highest BCUT2D eigenvalue weighted by Crippen LogP contribution is 2.47. The van der Waals surface area contributed by atoms with Crippen LogP contribution in [0, 0.1) is 17.8 Å². The Bertz CT molecular complexity index is 1420. The Hall–Kier alpha value is -3.95. The van der Waals surface area contributed by atoms with Crippen LogP contribution in [-0.2, 0) is 25.7 Å². The van der Waals surface area contributed by atoms with Gasteiger partial charge in [0.05, 0.1) is 12.1 Å². The number of para-hydroxylation sites is 1. The molecule has 1 saturated carbocycles. The number of urea groups is 1. The summed E-state index contributed by atoms with van der Waals surface area (Å²) in [5.74, 6) is -1.13. The number of carbonyl (C=O) groups excluding carboxylic acids is 4. The van der Waals surface area contributed by atoms with Crippen LogP contribution in [0.3, 0.4) is 0 Å². The number of rotatable bonds is 4. The normalized spacial score (nSPS) is 29.1. The van der Waals surface area contributed by atoms with Crippen LogP contribution >= 0.6 is 0 Å². The van der Waals surface area contributed by atoms with Crippen LogP contribution in [0.2, 0.25) is 0 Å². The molecule has 0 bridgehead atoms. The van der Waals surface area contributed by atoms with Crippen molar-refractivity contribution in [1.29, 1.82) is 0 Å². The lowest BCUT2D eigenvalue weighted by Crippen LogP contribution is -2.56. The van der Waals surface area contributed by atoms with E-state index < -0.39 is 17.6 Å². The van der Waals surface area contributed by atoms with Crippen molar-refractivity contribution in [2.75, 3.05) is 26.2 Å². The van der Waals surface area contributed by atoms with E-state index in [1.807, 2.05) is 36.4 Å². The fourth-order valence-electron chi connectivity index (χ4n) is 7.19. The summed E-state index contributed by atoms with van der Waals surface area (Å²) in [6.07, 6.45) is 11.5. The fraction of sp³-hybridized carbons (Fsp3) is 0.545. The van der Waals surface area contributed by atoms with Gasteiger partial charge in [0.1, 0.15) is 11.6 Å². The molecule has 1 aromatic heterocycles. The van der Waals surface area contributed by atoms with Gasteiger partial charge in [0.15, 0.2) is 0 Å². The SMILES string of the molecule is CCOC(=O)C12CC1C=CCCCCCCC(=O)N1CC3CN(C(=O)NCc4ccnc5ccccc45)CC3C1C(=O)N2. The molecule has 10 heteroatoms. The summed E-state index contributed by atoms with van der Waals surface area (Å²) in [5, 5.41) is 7.09. The molecule has 4 amide bonds. The molecule has 2 N–H and O–H groups in total. The van der Waals surface area contributed by atoms with Crippen molar-refractivity contribution < 1.29 is 23.9 Å². The van der Waals surface area contributed by atoms with Crippen LogP contribution in [0.25, 0.3) is 10.9 Å². The van der Waals surface area contributed by atoms with Crippen molar-refractivity contribution in [3.8, 4) is 0 Å². The maximum atomic E-state index is 14.0. The highest BCUT2D eigenvalue weighted by molar-refractivity contribution is 5.96. The fourth-order valence-corrected chi connectivity index (χ4v) is 7.19. The smallest absolute Gasteiger partial charge is 0.332 e. The third-order valence-corrected chi connectivity index (χ3v) is 9.59. The second kappa shape index (κ2) is 12.3. The first kappa shape index (κ1) is 29.1. The largest absolute Gasteiger partial charge is 0.464 e. The molecule has 2 saturated heterocycles. The van der Waals surface area contributed by atoms with Crippen LogP contribution in [0.1, 0.15) is 57.4 Å². The second-order valence-corrected chi connectivity index (χ2v) is 12.3. The Morgan fingerprint density at radius 3 is 2.79 bits per heavy atom. The Balaban J connectivity index is 1.18. The predicted molar refractivity (Wildman–Crippen MR) is 160 cm³/mol. The van der Waals surface area contributed by atoms with Gasteiger partial charge in [0, 0.05) is 61.9 Å².